The molecule has 0 unspecified atom stereocenters. The Morgan fingerprint density at radius 2 is 2.19 bits per heavy atom. The molecule has 82 valence electrons. The normalized spacial score (nSPS) is 17.1. The first-order valence-corrected chi connectivity index (χ1v) is 5.37. The van der Waals surface area contributed by atoms with Crippen LogP contribution >= 0.6 is 0 Å². The molecule has 2 rings (SSSR count). The van der Waals surface area contributed by atoms with Gasteiger partial charge in [-0.15, -0.1) is 0 Å². The van der Waals surface area contributed by atoms with Crippen LogP contribution in [0.4, 0.5) is 0 Å². The van der Waals surface area contributed by atoms with Gasteiger partial charge in [-0.2, -0.15) is 5.26 Å². The summed E-state index contributed by atoms with van der Waals surface area (Å²) in [4.78, 5) is 17.3. The van der Waals surface area contributed by atoms with Gasteiger partial charge in [0.15, 0.2) is 0 Å². The lowest BCUT2D eigenvalue weighted by Gasteiger charge is -2.25. The maximum atomic E-state index is 11.1. The van der Waals surface area contributed by atoms with Crippen LogP contribution in [-0.2, 0) is 11.3 Å². The highest BCUT2D eigenvalue weighted by atomic mass is 16.1. The van der Waals surface area contributed by atoms with Gasteiger partial charge in [-0.05, 0) is 6.07 Å². The second-order valence-corrected chi connectivity index (χ2v) is 3.94. The standard InChI is InChI=1S/C12H13N3O/c13-8-12-10(2-1-5-14-12)9-15-6-3-11(16)4-7-15/h1-2,5H,3-4,6-7,9H2. The smallest absolute Gasteiger partial charge is 0.144 e. The van der Waals surface area contributed by atoms with Crippen molar-refractivity contribution < 1.29 is 4.79 Å². The van der Waals surface area contributed by atoms with Crippen LogP contribution < -0.4 is 0 Å². The molecule has 4 nitrogen and oxygen atoms in total. The maximum Gasteiger partial charge on any atom is 0.144 e. The van der Waals surface area contributed by atoms with Gasteiger partial charge in [-0.25, -0.2) is 4.98 Å². The molecule has 0 aliphatic carbocycles. The molecule has 0 bridgehead atoms. The number of nitrogens with zero attached hydrogens (tertiary/aromatic N) is 3. The topological polar surface area (TPSA) is 57.0 Å². The second kappa shape index (κ2) is 4.86. The van der Waals surface area contributed by atoms with Crippen molar-refractivity contribution in [1.29, 1.82) is 5.26 Å². The van der Waals surface area contributed by atoms with E-state index in [4.69, 9.17) is 5.26 Å². The molecular formula is C12H13N3O. The van der Waals surface area contributed by atoms with E-state index in [1.165, 1.54) is 0 Å². The minimum Gasteiger partial charge on any atom is -0.300 e. The largest absolute Gasteiger partial charge is 0.300 e. The molecule has 16 heavy (non-hydrogen) atoms. The van der Waals surface area contributed by atoms with E-state index in [-0.39, 0.29) is 0 Å². The van der Waals surface area contributed by atoms with Crippen LogP contribution in [0.5, 0.6) is 0 Å². The van der Waals surface area contributed by atoms with Crippen molar-refractivity contribution in [1.82, 2.24) is 9.88 Å². The van der Waals surface area contributed by atoms with E-state index in [9.17, 15) is 4.79 Å². The van der Waals surface area contributed by atoms with Gasteiger partial charge in [0, 0.05) is 44.2 Å². The molecule has 1 aliphatic heterocycles. The molecule has 0 atom stereocenters. The predicted octanol–water partition coefficient (Wildman–Crippen LogP) is 1.12. The van der Waals surface area contributed by atoms with Crippen molar-refractivity contribution in [2.45, 2.75) is 19.4 Å². The molecule has 0 N–H and O–H groups in total. The number of pyridine rings is 1. The summed E-state index contributed by atoms with van der Waals surface area (Å²) in [6.07, 6.45) is 2.88. The van der Waals surface area contributed by atoms with Crippen molar-refractivity contribution in [3.63, 3.8) is 0 Å². The lowest BCUT2D eigenvalue weighted by Crippen LogP contribution is -2.33. The lowest BCUT2D eigenvalue weighted by atomic mass is 10.1. The van der Waals surface area contributed by atoms with Crippen molar-refractivity contribution in [3.8, 4) is 6.07 Å². The monoisotopic (exact) mass is 215 g/mol. The SMILES string of the molecule is N#Cc1ncccc1CN1CCC(=O)CC1. The van der Waals surface area contributed by atoms with Gasteiger partial charge < -0.3 is 0 Å². The van der Waals surface area contributed by atoms with Crippen LogP contribution in [0.25, 0.3) is 0 Å². The number of nitriles is 1. The molecular weight excluding hydrogens is 202 g/mol. The van der Waals surface area contributed by atoms with Crippen LogP contribution in [0.1, 0.15) is 24.1 Å². The Kier molecular flexibility index (Phi) is 3.28. The van der Waals surface area contributed by atoms with E-state index >= 15 is 0 Å². The number of piperidine rings is 1. The summed E-state index contributed by atoms with van der Waals surface area (Å²) in [6.45, 7) is 2.29. The minimum atomic E-state index is 0.336. The number of carbonyl (C=O) groups excluding carboxylic acids is 1. The maximum absolute atomic E-state index is 11.1. The summed E-state index contributed by atoms with van der Waals surface area (Å²) in [5, 5.41) is 8.90. The Balaban J connectivity index is 2.04. The number of likely N-dealkylation sites (tertiary alicyclic amines) is 1. The number of ketones is 1. The van der Waals surface area contributed by atoms with Gasteiger partial charge in [-0.1, -0.05) is 6.07 Å². The van der Waals surface area contributed by atoms with Gasteiger partial charge in [0.05, 0.1) is 0 Å². The third-order valence-electron chi connectivity index (χ3n) is 2.80. The first kappa shape index (κ1) is 10.8. The molecule has 1 aromatic rings. The van der Waals surface area contributed by atoms with Crippen LogP contribution in [0.15, 0.2) is 18.3 Å². The Labute approximate surface area is 94.5 Å². The van der Waals surface area contributed by atoms with Crippen LogP contribution in [-0.4, -0.2) is 28.8 Å². The third-order valence-corrected chi connectivity index (χ3v) is 2.80. The van der Waals surface area contributed by atoms with Crippen molar-refractivity contribution in [2.24, 2.45) is 0 Å². The van der Waals surface area contributed by atoms with E-state index in [0.717, 1.165) is 18.7 Å². The highest BCUT2D eigenvalue weighted by Gasteiger charge is 2.17. The highest BCUT2D eigenvalue weighted by Crippen LogP contribution is 2.12. The Bertz CT molecular complexity index is 426. The Hall–Kier alpha value is -1.73. The average molecular weight is 215 g/mol. The quantitative estimate of drug-likeness (QED) is 0.741. The van der Waals surface area contributed by atoms with Crippen LogP contribution in [0.3, 0.4) is 0 Å². The predicted molar refractivity (Wildman–Crippen MR) is 58.5 cm³/mol. The van der Waals surface area contributed by atoms with Gasteiger partial charge in [0.1, 0.15) is 17.5 Å². The molecule has 0 aromatic carbocycles. The van der Waals surface area contributed by atoms with Gasteiger partial charge >= 0.3 is 0 Å². The molecule has 0 radical (unpaired) electrons. The minimum absolute atomic E-state index is 0.336. The van der Waals surface area contributed by atoms with E-state index in [2.05, 4.69) is 16.0 Å². The summed E-state index contributed by atoms with van der Waals surface area (Å²) in [5.74, 6) is 0.336. The van der Waals surface area contributed by atoms with Crippen molar-refractivity contribution >= 4 is 5.78 Å². The molecule has 0 saturated carbocycles. The Morgan fingerprint density at radius 3 is 2.88 bits per heavy atom. The van der Waals surface area contributed by atoms with E-state index in [0.29, 0.717) is 30.9 Å². The first-order valence-electron chi connectivity index (χ1n) is 5.37. The fraction of sp³-hybridized carbons (Fsp3) is 0.417. The fourth-order valence-electron chi connectivity index (χ4n) is 1.87. The molecule has 1 aromatic heterocycles. The lowest BCUT2D eigenvalue weighted by molar-refractivity contribution is -0.121. The molecule has 1 aliphatic rings. The zero-order chi connectivity index (χ0) is 11.4. The number of Topliss-reactive ketones (excluding diaryl/α,β-unsaturated/α-hetero) is 1. The zero-order valence-corrected chi connectivity index (χ0v) is 9.02. The number of aromatic nitrogens is 1. The number of hydrogen-bond donors (Lipinski definition) is 0. The van der Waals surface area contributed by atoms with E-state index in [1.54, 1.807) is 6.20 Å². The number of hydrogen-bond acceptors (Lipinski definition) is 4. The van der Waals surface area contributed by atoms with Gasteiger partial charge in [0.2, 0.25) is 0 Å². The third kappa shape index (κ3) is 2.44. The molecule has 1 fully saturated rings. The van der Waals surface area contributed by atoms with Gasteiger partial charge in [-0.3, -0.25) is 9.69 Å². The molecule has 4 heteroatoms. The summed E-state index contributed by atoms with van der Waals surface area (Å²) in [7, 11) is 0. The van der Waals surface area contributed by atoms with Crippen molar-refractivity contribution in [2.75, 3.05) is 13.1 Å². The Morgan fingerprint density at radius 1 is 1.44 bits per heavy atom. The average Bonchev–Trinajstić information content (AvgIpc) is 2.33. The zero-order valence-electron chi connectivity index (χ0n) is 9.02. The fourth-order valence-corrected chi connectivity index (χ4v) is 1.87. The number of rotatable bonds is 2. The molecule has 2 heterocycles. The second-order valence-electron chi connectivity index (χ2n) is 3.94. The van der Waals surface area contributed by atoms with E-state index in [1.807, 2.05) is 12.1 Å². The summed E-state index contributed by atoms with van der Waals surface area (Å²) in [5.41, 5.74) is 1.43. The summed E-state index contributed by atoms with van der Waals surface area (Å²) >= 11 is 0. The first-order chi connectivity index (χ1) is 7.79. The molecule has 1 saturated heterocycles. The highest BCUT2D eigenvalue weighted by molar-refractivity contribution is 5.79. The van der Waals surface area contributed by atoms with Crippen molar-refractivity contribution in [3.05, 3.63) is 29.6 Å². The van der Waals surface area contributed by atoms with Crippen LogP contribution in [0.2, 0.25) is 0 Å². The van der Waals surface area contributed by atoms with E-state index < -0.39 is 0 Å². The number of carbonyl (C=O) groups is 1. The van der Waals surface area contributed by atoms with Crippen LogP contribution in [0, 0.1) is 11.3 Å². The molecule has 0 amide bonds. The van der Waals surface area contributed by atoms with Gasteiger partial charge in [0.25, 0.3) is 0 Å². The summed E-state index contributed by atoms with van der Waals surface area (Å²) < 4.78 is 0. The molecule has 0 spiro atoms. The summed E-state index contributed by atoms with van der Waals surface area (Å²) in [6, 6.07) is 5.85.